The zero-order valence-corrected chi connectivity index (χ0v) is 11.3. The number of hydrogen-bond donors (Lipinski definition) is 2. The Morgan fingerprint density at radius 2 is 1.50 bits per heavy atom. The van der Waals surface area contributed by atoms with Gasteiger partial charge in [-0.1, -0.05) is 60.7 Å². The first-order valence-electron chi connectivity index (χ1n) is 6.76. The third-order valence-corrected chi connectivity index (χ3v) is 3.12. The number of amides is 1. The SMILES string of the molecule is O=C(Cc1ccccc1)N[C@@H](CO)Cc1ccccc1. The van der Waals surface area contributed by atoms with Crippen LogP contribution in [-0.4, -0.2) is 23.7 Å². The number of carbonyl (C=O) groups is 1. The van der Waals surface area contributed by atoms with Crippen LogP contribution in [0, 0.1) is 0 Å². The van der Waals surface area contributed by atoms with Crippen LogP contribution >= 0.6 is 0 Å². The summed E-state index contributed by atoms with van der Waals surface area (Å²) in [4.78, 5) is 11.9. The molecule has 0 aliphatic heterocycles. The highest BCUT2D eigenvalue weighted by Crippen LogP contribution is 2.04. The molecule has 20 heavy (non-hydrogen) atoms. The van der Waals surface area contributed by atoms with Crippen LogP contribution in [0.5, 0.6) is 0 Å². The van der Waals surface area contributed by atoms with E-state index in [1.54, 1.807) is 0 Å². The number of hydrogen-bond acceptors (Lipinski definition) is 2. The largest absolute Gasteiger partial charge is 0.394 e. The summed E-state index contributed by atoms with van der Waals surface area (Å²) in [6, 6.07) is 19.2. The van der Waals surface area contributed by atoms with Gasteiger partial charge in [0.25, 0.3) is 0 Å². The van der Waals surface area contributed by atoms with Crippen molar-refractivity contribution in [2.45, 2.75) is 18.9 Å². The van der Waals surface area contributed by atoms with Crippen molar-refractivity contribution in [1.82, 2.24) is 5.32 Å². The summed E-state index contributed by atoms with van der Waals surface area (Å²) in [6.07, 6.45) is 0.976. The van der Waals surface area contributed by atoms with Crippen LogP contribution in [0.25, 0.3) is 0 Å². The van der Waals surface area contributed by atoms with Gasteiger partial charge >= 0.3 is 0 Å². The van der Waals surface area contributed by atoms with Gasteiger partial charge in [-0.25, -0.2) is 0 Å². The number of nitrogens with one attached hydrogen (secondary N) is 1. The predicted molar refractivity (Wildman–Crippen MR) is 79.3 cm³/mol. The van der Waals surface area contributed by atoms with Gasteiger partial charge < -0.3 is 10.4 Å². The van der Waals surface area contributed by atoms with Gasteiger partial charge in [0.05, 0.1) is 19.1 Å². The van der Waals surface area contributed by atoms with Gasteiger partial charge in [0.1, 0.15) is 0 Å². The first kappa shape index (κ1) is 14.3. The van der Waals surface area contributed by atoms with E-state index in [1.807, 2.05) is 60.7 Å². The quantitative estimate of drug-likeness (QED) is 0.842. The van der Waals surface area contributed by atoms with E-state index in [-0.39, 0.29) is 18.6 Å². The molecule has 0 bridgehead atoms. The minimum atomic E-state index is -0.242. The van der Waals surface area contributed by atoms with E-state index >= 15 is 0 Å². The van der Waals surface area contributed by atoms with Crippen LogP contribution in [-0.2, 0) is 17.6 Å². The molecule has 0 saturated carbocycles. The molecule has 3 heteroatoms. The van der Waals surface area contributed by atoms with Crippen molar-refractivity contribution in [3.63, 3.8) is 0 Å². The number of rotatable bonds is 6. The molecule has 2 aromatic carbocycles. The molecule has 2 N–H and O–H groups in total. The number of aliphatic hydroxyl groups excluding tert-OH is 1. The molecule has 2 aromatic rings. The molecular weight excluding hydrogens is 250 g/mol. The summed E-state index contributed by atoms with van der Waals surface area (Å²) in [5.41, 5.74) is 2.08. The fourth-order valence-corrected chi connectivity index (χ4v) is 2.12. The maximum Gasteiger partial charge on any atom is 0.224 e. The summed E-state index contributed by atoms with van der Waals surface area (Å²) >= 11 is 0. The number of carbonyl (C=O) groups excluding carboxylic acids is 1. The van der Waals surface area contributed by atoms with Gasteiger partial charge in [-0.2, -0.15) is 0 Å². The topological polar surface area (TPSA) is 49.3 Å². The van der Waals surface area contributed by atoms with Gasteiger partial charge in [0, 0.05) is 0 Å². The highest BCUT2D eigenvalue weighted by Gasteiger charge is 2.12. The van der Waals surface area contributed by atoms with E-state index < -0.39 is 0 Å². The van der Waals surface area contributed by atoms with Crippen molar-refractivity contribution in [2.75, 3.05) is 6.61 Å². The van der Waals surface area contributed by atoms with Crippen molar-refractivity contribution in [2.24, 2.45) is 0 Å². The third-order valence-electron chi connectivity index (χ3n) is 3.12. The van der Waals surface area contributed by atoms with Crippen molar-refractivity contribution in [3.05, 3.63) is 71.8 Å². The van der Waals surface area contributed by atoms with Crippen molar-refractivity contribution >= 4 is 5.91 Å². The highest BCUT2D eigenvalue weighted by molar-refractivity contribution is 5.78. The minimum Gasteiger partial charge on any atom is -0.394 e. The molecule has 0 fully saturated rings. The van der Waals surface area contributed by atoms with Crippen LogP contribution in [0.2, 0.25) is 0 Å². The van der Waals surface area contributed by atoms with Crippen LogP contribution in [0.4, 0.5) is 0 Å². The third kappa shape index (κ3) is 4.52. The number of aliphatic hydroxyl groups is 1. The maximum atomic E-state index is 11.9. The summed E-state index contributed by atoms with van der Waals surface area (Å²) in [5, 5.41) is 12.3. The van der Waals surface area contributed by atoms with Gasteiger partial charge in [0.15, 0.2) is 0 Å². The smallest absolute Gasteiger partial charge is 0.224 e. The zero-order valence-electron chi connectivity index (χ0n) is 11.3. The molecule has 0 spiro atoms. The van der Waals surface area contributed by atoms with E-state index in [0.717, 1.165) is 11.1 Å². The fourth-order valence-electron chi connectivity index (χ4n) is 2.12. The minimum absolute atomic E-state index is 0.0601. The van der Waals surface area contributed by atoms with Crippen LogP contribution in [0.15, 0.2) is 60.7 Å². The lowest BCUT2D eigenvalue weighted by Gasteiger charge is -2.16. The number of benzene rings is 2. The van der Waals surface area contributed by atoms with Crippen molar-refractivity contribution in [1.29, 1.82) is 0 Å². The second-order valence-corrected chi connectivity index (χ2v) is 4.80. The Bertz CT molecular complexity index is 525. The summed E-state index contributed by atoms with van der Waals surface area (Å²) in [6.45, 7) is -0.0601. The molecule has 1 atom stereocenters. The molecule has 0 aliphatic carbocycles. The Morgan fingerprint density at radius 1 is 0.950 bits per heavy atom. The Morgan fingerprint density at radius 3 is 2.05 bits per heavy atom. The van der Waals surface area contributed by atoms with Gasteiger partial charge in [-0.15, -0.1) is 0 Å². The first-order chi connectivity index (χ1) is 9.78. The monoisotopic (exact) mass is 269 g/mol. The van der Waals surface area contributed by atoms with E-state index in [2.05, 4.69) is 5.32 Å². The van der Waals surface area contributed by atoms with E-state index in [9.17, 15) is 9.90 Å². The molecule has 0 aromatic heterocycles. The lowest BCUT2D eigenvalue weighted by atomic mass is 10.1. The summed E-state index contributed by atoms with van der Waals surface area (Å²) in [5.74, 6) is -0.0637. The molecule has 2 rings (SSSR count). The average Bonchev–Trinajstić information content (AvgIpc) is 2.48. The molecule has 0 radical (unpaired) electrons. The first-order valence-corrected chi connectivity index (χ1v) is 6.76. The van der Waals surface area contributed by atoms with Gasteiger partial charge in [-0.3, -0.25) is 4.79 Å². The fraction of sp³-hybridized carbons (Fsp3) is 0.235. The molecule has 3 nitrogen and oxygen atoms in total. The van der Waals surface area contributed by atoms with Crippen LogP contribution < -0.4 is 5.32 Å². The normalized spacial score (nSPS) is 11.8. The van der Waals surface area contributed by atoms with E-state index in [4.69, 9.17) is 0 Å². The van der Waals surface area contributed by atoms with Crippen molar-refractivity contribution < 1.29 is 9.90 Å². The Labute approximate surface area is 119 Å². The van der Waals surface area contributed by atoms with Gasteiger partial charge in [-0.05, 0) is 17.5 Å². The van der Waals surface area contributed by atoms with Crippen LogP contribution in [0.1, 0.15) is 11.1 Å². The maximum absolute atomic E-state index is 11.9. The van der Waals surface area contributed by atoms with Crippen molar-refractivity contribution in [3.8, 4) is 0 Å². The molecule has 0 unspecified atom stereocenters. The molecule has 0 heterocycles. The predicted octanol–water partition coefficient (Wildman–Crippen LogP) is 1.95. The molecule has 0 saturated heterocycles. The standard InChI is InChI=1S/C17H19NO2/c19-13-16(11-14-7-3-1-4-8-14)18-17(20)12-15-9-5-2-6-10-15/h1-10,16,19H,11-13H2,(H,18,20)/t16-/m1/s1. The van der Waals surface area contributed by atoms with Crippen LogP contribution in [0.3, 0.4) is 0 Å². The second kappa shape index (κ2) is 7.46. The van der Waals surface area contributed by atoms with E-state index in [1.165, 1.54) is 0 Å². The molecule has 1 amide bonds. The summed E-state index contributed by atoms with van der Waals surface area (Å²) < 4.78 is 0. The second-order valence-electron chi connectivity index (χ2n) is 4.80. The Hall–Kier alpha value is -2.13. The molecule has 0 aliphatic rings. The lowest BCUT2D eigenvalue weighted by Crippen LogP contribution is -2.39. The molecule has 104 valence electrons. The lowest BCUT2D eigenvalue weighted by molar-refractivity contribution is -0.121. The molecular formula is C17H19NO2. The Balaban J connectivity index is 1.88. The zero-order chi connectivity index (χ0) is 14.2. The van der Waals surface area contributed by atoms with E-state index in [0.29, 0.717) is 12.8 Å². The van der Waals surface area contributed by atoms with Gasteiger partial charge in [0.2, 0.25) is 5.91 Å². The summed E-state index contributed by atoms with van der Waals surface area (Å²) in [7, 11) is 0. The Kier molecular flexibility index (Phi) is 5.33. The average molecular weight is 269 g/mol. The highest BCUT2D eigenvalue weighted by atomic mass is 16.3.